The first-order valence-corrected chi connectivity index (χ1v) is 3.68. The first-order chi connectivity index (χ1) is 6.02. The van der Waals surface area contributed by atoms with E-state index in [1.54, 1.807) is 0 Å². The lowest BCUT2D eigenvalue weighted by Gasteiger charge is -2.13. The number of nitrogens with one attached hydrogen (secondary N) is 1. The first kappa shape index (κ1) is 11.6. The van der Waals surface area contributed by atoms with Crippen molar-refractivity contribution in [3.63, 3.8) is 0 Å². The van der Waals surface area contributed by atoms with Crippen molar-refractivity contribution >= 4 is 11.9 Å². The maximum absolute atomic E-state index is 11.0. The van der Waals surface area contributed by atoms with Crippen molar-refractivity contribution in [2.45, 2.75) is 13.0 Å². The summed E-state index contributed by atoms with van der Waals surface area (Å²) in [5.41, 5.74) is 0.266. The lowest BCUT2D eigenvalue weighted by molar-refractivity contribution is -0.145. The predicted octanol–water partition coefficient (Wildman–Crippen LogP) is -0.787. The van der Waals surface area contributed by atoms with E-state index in [0.29, 0.717) is 0 Å². The van der Waals surface area contributed by atoms with Crippen LogP contribution in [0.1, 0.15) is 6.92 Å². The molecule has 2 N–H and O–H groups in total. The van der Waals surface area contributed by atoms with Gasteiger partial charge < -0.3 is 15.2 Å². The van der Waals surface area contributed by atoms with Crippen LogP contribution in [-0.4, -0.2) is 36.7 Å². The lowest BCUT2D eigenvalue weighted by Crippen LogP contribution is -2.44. The molecule has 0 unspecified atom stereocenters. The van der Waals surface area contributed by atoms with Crippen LogP contribution in [-0.2, 0) is 14.3 Å². The second kappa shape index (κ2) is 5.31. The maximum Gasteiger partial charge on any atom is 0.330 e. The Labute approximate surface area is 76.4 Å². The van der Waals surface area contributed by atoms with Gasteiger partial charge in [0.2, 0.25) is 5.91 Å². The molecule has 0 bridgehead atoms. The second-order valence-electron chi connectivity index (χ2n) is 2.51. The Balaban J connectivity index is 4.21. The molecule has 0 aromatic heterocycles. The van der Waals surface area contributed by atoms with Gasteiger partial charge in [-0.1, -0.05) is 6.58 Å². The molecule has 0 fully saturated rings. The zero-order chi connectivity index (χ0) is 10.4. The summed E-state index contributed by atoms with van der Waals surface area (Å²) in [6.07, 6.45) is 0. The summed E-state index contributed by atoms with van der Waals surface area (Å²) < 4.78 is 4.34. The Kier molecular flexibility index (Phi) is 4.76. The molecule has 0 saturated heterocycles. The summed E-state index contributed by atoms with van der Waals surface area (Å²) in [6, 6.07) is -1.02. The van der Waals surface area contributed by atoms with Gasteiger partial charge in [0.15, 0.2) is 6.04 Å². The van der Waals surface area contributed by atoms with Crippen molar-refractivity contribution in [3.8, 4) is 0 Å². The molecule has 0 aromatic rings. The van der Waals surface area contributed by atoms with Crippen LogP contribution in [0, 0.1) is 0 Å². The molecule has 1 amide bonds. The zero-order valence-electron chi connectivity index (χ0n) is 7.66. The van der Waals surface area contributed by atoms with E-state index in [-0.39, 0.29) is 5.57 Å². The number of rotatable bonds is 4. The number of hydrogen-bond donors (Lipinski definition) is 2. The number of amides is 1. The number of aliphatic hydroxyl groups excluding tert-OH is 1. The lowest BCUT2D eigenvalue weighted by atomic mass is 10.2. The largest absolute Gasteiger partial charge is 0.467 e. The van der Waals surface area contributed by atoms with Crippen LogP contribution in [0.2, 0.25) is 0 Å². The summed E-state index contributed by atoms with van der Waals surface area (Å²) in [6.45, 7) is 4.39. The van der Waals surface area contributed by atoms with Crippen LogP contribution in [0.4, 0.5) is 0 Å². The van der Waals surface area contributed by atoms with Crippen molar-refractivity contribution in [1.82, 2.24) is 5.32 Å². The molecular weight excluding hydrogens is 174 g/mol. The number of aliphatic hydroxyl groups is 1. The molecular formula is C8H13NO4. The normalized spacial score (nSPS) is 11.6. The van der Waals surface area contributed by atoms with Crippen LogP contribution in [0.3, 0.4) is 0 Å². The minimum Gasteiger partial charge on any atom is -0.467 e. The summed E-state index contributed by atoms with van der Waals surface area (Å²) in [5.74, 6) is -1.17. The molecule has 74 valence electrons. The molecule has 1 atom stereocenters. The van der Waals surface area contributed by atoms with E-state index in [2.05, 4.69) is 16.6 Å². The molecule has 5 nitrogen and oxygen atoms in total. The molecule has 0 aliphatic rings. The average molecular weight is 187 g/mol. The minimum atomic E-state index is -1.02. The number of carbonyl (C=O) groups is 2. The standard InChI is InChI=1S/C8H13NO4/c1-5(2)7(11)9-6(4-10)8(12)13-3/h6,10H,1,4H2,2-3H3,(H,9,11)/t6-/m0/s1. The van der Waals surface area contributed by atoms with E-state index >= 15 is 0 Å². The van der Waals surface area contributed by atoms with Crippen LogP contribution in [0.5, 0.6) is 0 Å². The highest BCUT2D eigenvalue weighted by Gasteiger charge is 2.20. The third-order valence-electron chi connectivity index (χ3n) is 1.36. The molecule has 13 heavy (non-hydrogen) atoms. The number of carbonyl (C=O) groups excluding carboxylic acids is 2. The van der Waals surface area contributed by atoms with Gasteiger partial charge in [0.25, 0.3) is 0 Å². The SMILES string of the molecule is C=C(C)C(=O)N[C@@H](CO)C(=O)OC. The maximum atomic E-state index is 11.0. The monoisotopic (exact) mass is 187 g/mol. The van der Waals surface area contributed by atoms with E-state index < -0.39 is 24.5 Å². The number of ether oxygens (including phenoxy) is 1. The Morgan fingerprint density at radius 2 is 2.15 bits per heavy atom. The molecule has 0 rings (SSSR count). The first-order valence-electron chi connectivity index (χ1n) is 3.68. The number of methoxy groups -OCH3 is 1. The second-order valence-corrected chi connectivity index (χ2v) is 2.51. The zero-order valence-corrected chi connectivity index (χ0v) is 7.66. The summed E-state index contributed by atoms with van der Waals surface area (Å²) in [4.78, 5) is 21.9. The summed E-state index contributed by atoms with van der Waals surface area (Å²) in [5, 5.41) is 11.0. The number of esters is 1. The van der Waals surface area contributed by atoms with Gasteiger partial charge in [-0.3, -0.25) is 4.79 Å². The molecule has 0 aliphatic carbocycles. The third kappa shape index (κ3) is 3.71. The smallest absolute Gasteiger partial charge is 0.330 e. The van der Waals surface area contributed by atoms with Gasteiger partial charge in [-0.25, -0.2) is 4.79 Å². The van der Waals surface area contributed by atoms with Crippen LogP contribution >= 0.6 is 0 Å². The van der Waals surface area contributed by atoms with Crippen molar-refractivity contribution in [2.75, 3.05) is 13.7 Å². The Bertz CT molecular complexity index is 224. The van der Waals surface area contributed by atoms with Gasteiger partial charge in [0, 0.05) is 5.57 Å². The Morgan fingerprint density at radius 3 is 2.46 bits per heavy atom. The molecule has 0 heterocycles. The highest BCUT2D eigenvalue weighted by molar-refractivity contribution is 5.95. The van der Waals surface area contributed by atoms with Crippen molar-refractivity contribution < 1.29 is 19.4 Å². The van der Waals surface area contributed by atoms with Crippen LogP contribution < -0.4 is 5.32 Å². The fourth-order valence-corrected chi connectivity index (χ4v) is 0.603. The van der Waals surface area contributed by atoms with Gasteiger partial charge in [-0.15, -0.1) is 0 Å². The molecule has 5 heteroatoms. The number of hydrogen-bond acceptors (Lipinski definition) is 4. The van der Waals surface area contributed by atoms with E-state index in [1.807, 2.05) is 0 Å². The minimum absolute atomic E-state index is 0.266. The fraction of sp³-hybridized carbons (Fsp3) is 0.500. The molecule has 0 saturated carbocycles. The Hall–Kier alpha value is -1.36. The summed E-state index contributed by atoms with van der Waals surface area (Å²) >= 11 is 0. The molecule has 0 spiro atoms. The summed E-state index contributed by atoms with van der Waals surface area (Å²) in [7, 11) is 1.18. The fourth-order valence-electron chi connectivity index (χ4n) is 0.603. The highest BCUT2D eigenvalue weighted by atomic mass is 16.5. The van der Waals surface area contributed by atoms with E-state index in [4.69, 9.17) is 5.11 Å². The van der Waals surface area contributed by atoms with Crippen LogP contribution in [0.25, 0.3) is 0 Å². The van der Waals surface area contributed by atoms with Gasteiger partial charge >= 0.3 is 5.97 Å². The third-order valence-corrected chi connectivity index (χ3v) is 1.36. The Morgan fingerprint density at radius 1 is 1.62 bits per heavy atom. The van der Waals surface area contributed by atoms with Gasteiger partial charge in [0.05, 0.1) is 13.7 Å². The molecule has 0 aromatic carbocycles. The van der Waals surface area contributed by atoms with Crippen molar-refractivity contribution in [3.05, 3.63) is 12.2 Å². The van der Waals surface area contributed by atoms with Gasteiger partial charge in [0.1, 0.15) is 0 Å². The van der Waals surface area contributed by atoms with Crippen molar-refractivity contribution in [2.24, 2.45) is 0 Å². The van der Waals surface area contributed by atoms with Crippen molar-refractivity contribution in [1.29, 1.82) is 0 Å². The van der Waals surface area contributed by atoms with E-state index in [0.717, 1.165) is 0 Å². The quantitative estimate of drug-likeness (QED) is 0.447. The average Bonchev–Trinajstić information content (AvgIpc) is 2.12. The molecule has 0 aliphatic heterocycles. The van der Waals surface area contributed by atoms with Crippen LogP contribution in [0.15, 0.2) is 12.2 Å². The van der Waals surface area contributed by atoms with Gasteiger partial charge in [-0.05, 0) is 6.92 Å². The molecule has 0 radical (unpaired) electrons. The topological polar surface area (TPSA) is 75.6 Å². The van der Waals surface area contributed by atoms with Gasteiger partial charge in [-0.2, -0.15) is 0 Å². The highest BCUT2D eigenvalue weighted by Crippen LogP contribution is 1.91. The predicted molar refractivity (Wildman–Crippen MR) is 45.8 cm³/mol. The van der Waals surface area contributed by atoms with E-state index in [1.165, 1.54) is 14.0 Å². The van der Waals surface area contributed by atoms with E-state index in [9.17, 15) is 9.59 Å².